The Kier molecular flexibility index (Phi) is 6.39. The summed E-state index contributed by atoms with van der Waals surface area (Å²) in [5, 5.41) is 3.61. The second kappa shape index (κ2) is 9.35. The SMILES string of the molecule is CN1CCN(C(=O)c2cc(NC3CCCCCC3)nc(-c3ccccc3)n2)CC1. The average Bonchev–Trinajstić information content (AvgIpc) is 3.03. The molecule has 0 radical (unpaired) electrons. The molecule has 2 aliphatic rings. The largest absolute Gasteiger partial charge is 0.367 e. The Balaban J connectivity index is 1.61. The third-order valence-electron chi connectivity index (χ3n) is 5.97. The molecule has 1 N–H and O–H groups in total. The van der Waals surface area contributed by atoms with Crippen molar-refractivity contribution in [3.8, 4) is 11.4 Å². The molecule has 2 aromatic rings. The van der Waals surface area contributed by atoms with E-state index in [4.69, 9.17) is 4.98 Å². The molecule has 6 heteroatoms. The van der Waals surface area contributed by atoms with Crippen LogP contribution in [0.15, 0.2) is 36.4 Å². The number of carbonyl (C=O) groups is 1. The van der Waals surface area contributed by atoms with Gasteiger partial charge < -0.3 is 15.1 Å². The molecule has 29 heavy (non-hydrogen) atoms. The number of hydrogen-bond donors (Lipinski definition) is 1. The van der Waals surface area contributed by atoms with Crippen LogP contribution in [-0.2, 0) is 0 Å². The Morgan fingerprint density at radius 1 is 0.966 bits per heavy atom. The summed E-state index contributed by atoms with van der Waals surface area (Å²) in [5.41, 5.74) is 1.42. The predicted molar refractivity (Wildman–Crippen MR) is 116 cm³/mol. The average molecular weight is 394 g/mol. The molecule has 0 atom stereocenters. The van der Waals surface area contributed by atoms with Crippen LogP contribution in [0.1, 0.15) is 49.0 Å². The lowest BCUT2D eigenvalue weighted by Crippen LogP contribution is -2.47. The third kappa shape index (κ3) is 5.12. The first-order valence-electron chi connectivity index (χ1n) is 10.9. The second-order valence-electron chi connectivity index (χ2n) is 8.26. The molecule has 2 heterocycles. The van der Waals surface area contributed by atoms with Gasteiger partial charge in [-0.1, -0.05) is 56.0 Å². The summed E-state index contributed by atoms with van der Waals surface area (Å²) < 4.78 is 0. The van der Waals surface area contributed by atoms with Gasteiger partial charge >= 0.3 is 0 Å². The van der Waals surface area contributed by atoms with Crippen LogP contribution in [0.4, 0.5) is 5.82 Å². The minimum Gasteiger partial charge on any atom is -0.367 e. The van der Waals surface area contributed by atoms with Crippen molar-refractivity contribution in [1.82, 2.24) is 19.8 Å². The highest BCUT2D eigenvalue weighted by molar-refractivity contribution is 5.93. The number of benzene rings is 1. The lowest BCUT2D eigenvalue weighted by atomic mass is 10.1. The van der Waals surface area contributed by atoms with Crippen LogP contribution < -0.4 is 5.32 Å². The number of anilines is 1. The monoisotopic (exact) mass is 393 g/mol. The van der Waals surface area contributed by atoms with Crippen LogP contribution in [0.25, 0.3) is 11.4 Å². The van der Waals surface area contributed by atoms with Crippen molar-refractivity contribution < 1.29 is 4.79 Å². The molecule has 1 saturated carbocycles. The molecule has 1 aromatic carbocycles. The van der Waals surface area contributed by atoms with Crippen LogP contribution >= 0.6 is 0 Å². The maximum atomic E-state index is 13.2. The summed E-state index contributed by atoms with van der Waals surface area (Å²) in [6, 6.07) is 12.2. The maximum absolute atomic E-state index is 13.2. The van der Waals surface area contributed by atoms with Crippen LogP contribution in [0.3, 0.4) is 0 Å². The molecule has 6 nitrogen and oxygen atoms in total. The van der Waals surface area contributed by atoms with E-state index in [-0.39, 0.29) is 5.91 Å². The van der Waals surface area contributed by atoms with E-state index in [0.29, 0.717) is 17.6 Å². The molecule has 1 aromatic heterocycles. The molecule has 1 aliphatic heterocycles. The number of hydrogen-bond acceptors (Lipinski definition) is 5. The number of aromatic nitrogens is 2. The smallest absolute Gasteiger partial charge is 0.272 e. The third-order valence-corrected chi connectivity index (χ3v) is 5.97. The van der Waals surface area contributed by atoms with Gasteiger partial charge in [-0.05, 0) is 19.9 Å². The van der Waals surface area contributed by atoms with E-state index in [1.54, 1.807) is 0 Å². The van der Waals surface area contributed by atoms with Gasteiger partial charge in [0.15, 0.2) is 5.82 Å². The number of carbonyl (C=O) groups excluding carboxylic acids is 1. The van der Waals surface area contributed by atoms with Gasteiger partial charge in [-0.25, -0.2) is 9.97 Å². The van der Waals surface area contributed by atoms with Crippen molar-refractivity contribution in [1.29, 1.82) is 0 Å². The molecule has 0 spiro atoms. The highest BCUT2D eigenvalue weighted by Gasteiger charge is 2.23. The quantitative estimate of drug-likeness (QED) is 0.803. The van der Waals surface area contributed by atoms with Gasteiger partial charge in [0.1, 0.15) is 11.5 Å². The summed E-state index contributed by atoms with van der Waals surface area (Å²) >= 11 is 0. The fourth-order valence-corrected chi connectivity index (χ4v) is 4.15. The fourth-order valence-electron chi connectivity index (χ4n) is 4.15. The van der Waals surface area contributed by atoms with Gasteiger partial charge in [0.05, 0.1) is 0 Å². The molecule has 4 rings (SSSR count). The molecule has 2 fully saturated rings. The second-order valence-corrected chi connectivity index (χ2v) is 8.26. The van der Waals surface area contributed by atoms with E-state index in [9.17, 15) is 4.79 Å². The number of nitrogens with one attached hydrogen (secondary N) is 1. The van der Waals surface area contributed by atoms with Crippen molar-refractivity contribution in [2.45, 2.75) is 44.6 Å². The fraction of sp³-hybridized carbons (Fsp3) is 0.522. The molecule has 1 amide bonds. The van der Waals surface area contributed by atoms with Gasteiger partial charge in [0.2, 0.25) is 0 Å². The highest BCUT2D eigenvalue weighted by Crippen LogP contribution is 2.23. The van der Waals surface area contributed by atoms with E-state index in [0.717, 1.165) is 50.4 Å². The van der Waals surface area contributed by atoms with Gasteiger partial charge in [0.25, 0.3) is 5.91 Å². The summed E-state index contributed by atoms with van der Waals surface area (Å²) in [6.45, 7) is 3.28. The van der Waals surface area contributed by atoms with Gasteiger partial charge in [-0.3, -0.25) is 4.79 Å². The van der Waals surface area contributed by atoms with Crippen molar-refractivity contribution in [2.24, 2.45) is 0 Å². The summed E-state index contributed by atoms with van der Waals surface area (Å²) in [6.07, 6.45) is 7.44. The Hall–Kier alpha value is -2.47. The zero-order valence-electron chi connectivity index (χ0n) is 17.3. The lowest BCUT2D eigenvalue weighted by Gasteiger charge is -2.32. The maximum Gasteiger partial charge on any atom is 0.272 e. The molecule has 154 valence electrons. The van der Waals surface area contributed by atoms with E-state index in [1.807, 2.05) is 41.3 Å². The molecule has 1 saturated heterocycles. The Morgan fingerprint density at radius 3 is 2.34 bits per heavy atom. The van der Waals surface area contributed by atoms with E-state index >= 15 is 0 Å². The van der Waals surface area contributed by atoms with E-state index in [2.05, 4.69) is 22.2 Å². The van der Waals surface area contributed by atoms with Gasteiger partial charge in [0, 0.05) is 43.9 Å². The summed E-state index contributed by atoms with van der Waals surface area (Å²) in [4.78, 5) is 26.8. The highest BCUT2D eigenvalue weighted by atomic mass is 16.2. The summed E-state index contributed by atoms with van der Waals surface area (Å²) in [5.74, 6) is 1.38. The predicted octanol–water partition coefficient (Wildman–Crippen LogP) is 3.67. The summed E-state index contributed by atoms with van der Waals surface area (Å²) in [7, 11) is 2.09. The molecular weight excluding hydrogens is 362 g/mol. The van der Waals surface area contributed by atoms with Crippen molar-refractivity contribution in [3.05, 3.63) is 42.1 Å². The normalized spacial score (nSPS) is 19.0. The standard InChI is InChI=1S/C23H31N5O/c1-27-13-15-28(16-14-27)23(29)20-17-21(24-19-11-7-2-3-8-12-19)26-22(25-20)18-9-5-4-6-10-18/h4-6,9-10,17,19H,2-3,7-8,11-16H2,1H3,(H,24,25,26). The number of piperazine rings is 1. The van der Waals surface area contributed by atoms with Crippen molar-refractivity contribution >= 4 is 11.7 Å². The first kappa shape index (κ1) is 19.8. The first-order valence-corrected chi connectivity index (χ1v) is 10.9. The van der Waals surface area contributed by atoms with Gasteiger partial charge in [-0.2, -0.15) is 0 Å². The van der Waals surface area contributed by atoms with Crippen molar-refractivity contribution in [2.75, 3.05) is 38.5 Å². The Labute approximate surface area is 173 Å². The minimum absolute atomic E-state index is 0.00148. The molecular formula is C23H31N5O. The number of amides is 1. The molecule has 0 unspecified atom stereocenters. The lowest BCUT2D eigenvalue weighted by molar-refractivity contribution is 0.0658. The van der Waals surface area contributed by atoms with Crippen molar-refractivity contribution in [3.63, 3.8) is 0 Å². The van der Waals surface area contributed by atoms with Crippen LogP contribution in [-0.4, -0.2) is 64.9 Å². The Bertz CT molecular complexity index is 809. The van der Waals surface area contributed by atoms with Crippen LogP contribution in [0.2, 0.25) is 0 Å². The van der Waals surface area contributed by atoms with Crippen LogP contribution in [0, 0.1) is 0 Å². The zero-order chi connectivity index (χ0) is 20.1. The number of rotatable bonds is 4. The minimum atomic E-state index is 0.00148. The zero-order valence-corrected chi connectivity index (χ0v) is 17.3. The molecule has 1 aliphatic carbocycles. The Morgan fingerprint density at radius 2 is 1.66 bits per heavy atom. The van der Waals surface area contributed by atoms with Gasteiger partial charge in [-0.15, -0.1) is 0 Å². The topological polar surface area (TPSA) is 61.4 Å². The van der Waals surface area contributed by atoms with Crippen LogP contribution in [0.5, 0.6) is 0 Å². The molecule has 0 bridgehead atoms. The van der Waals surface area contributed by atoms with E-state index < -0.39 is 0 Å². The van der Waals surface area contributed by atoms with E-state index in [1.165, 1.54) is 25.7 Å². The number of likely N-dealkylation sites (N-methyl/N-ethyl adjacent to an activating group) is 1. The number of nitrogens with zero attached hydrogens (tertiary/aromatic N) is 4. The first-order chi connectivity index (χ1) is 14.2.